The first-order valence-corrected chi connectivity index (χ1v) is 8.81. The molecule has 0 atom stereocenters. The van der Waals surface area contributed by atoms with Gasteiger partial charge >= 0.3 is 0 Å². The van der Waals surface area contributed by atoms with E-state index in [-0.39, 0.29) is 46.5 Å². The molecular formula is C20H17ClF2N2O3. The van der Waals surface area contributed by atoms with Crippen LogP contribution in [0, 0.1) is 18.6 Å². The van der Waals surface area contributed by atoms with Crippen molar-refractivity contribution in [3.05, 3.63) is 70.4 Å². The molecule has 0 N–H and O–H groups in total. The molecule has 0 aliphatic heterocycles. The van der Waals surface area contributed by atoms with Crippen LogP contribution in [0.25, 0.3) is 11.3 Å². The van der Waals surface area contributed by atoms with Crippen LogP contribution in [0.3, 0.4) is 0 Å². The summed E-state index contributed by atoms with van der Waals surface area (Å²) in [6.07, 6.45) is 0. The normalized spacial score (nSPS) is 10.8. The van der Waals surface area contributed by atoms with E-state index in [0.29, 0.717) is 0 Å². The van der Waals surface area contributed by atoms with E-state index in [4.69, 9.17) is 20.9 Å². The molecule has 0 radical (unpaired) electrons. The van der Waals surface area contributed by atoms with Gasteiger partial charge in [-0.2, -0.15) is 0 Å². The SMILES string of the molecule is Cc1onc(-c2c(F)cccc2Cl)c1C(=O)N(C)CCOc1ccccc1F. The number of carbonyl (C=O) groups is 1. The molecule has 0 saturated carbocycles. The third-order valence-corrected chi connectivity index (χ3v) is 4.46. The number of hydrogen-bond acceptors (Lipinski definition) is 4. The van der Waals surface area contributed by atoms with Crippen LogP contribution in [0.1, 0.15) is 16.1 Å². The quantitative estimate of drug-likeness (QED) is 0.593. The summed E-state index contributed by atoms with van der Waals surface area (Å²) in [5.74, 6) is -1.20. The van der Waals surface area contributed by atoms with Gasteiger partial charge in [0.1, 0.15) is 29.4 Å². The summed E-state index contributed by atoms with van der Waals surface area (Å²) >= 11 is 6.09. The van der Waals surface area contributed by atoms with Crippen molar-refractivity contribution in [2.75, 3.05) is 20.2 Å². The van der Waals surface area contributed by atoms with Crippen molar-refractivity contribution >= 4 is 17.5 Å². The maximum absolute atomic E-state index is 14.3. The maximum atomic E-state index is 14.3. The van der Waals surface area contributed by atoms with Crippen LogP contribution in [0.5, 0.6) is 5.75 Å². The molecule has 0 bridgehead atoms. The molecule has 3 aromatic rings. The van der Waals surface area contributed by atoms with Crippen molar-refractivity contribution in [1.29, 1.82) is 0 Å². The number of amides is 1. The van der Waals surface area contributed by atoms with Crippen LogP contribution in [0.2, 0.25) is 5.02 Å². The number of benzene rings is 2. The first kappa shape index (κ1) is 19.8. The summed E-state index contributed by atoms with van der Waals surface area (Å²) in [5.41, 5.74) is 0.147. The molecule has 3 rings (SSSR count). The van der Waals surface area contributed by atoms with Gasteiger partial charge in [0.2, 0.25) is 0 Å². The largest absolute Gasteiger partial charge is 0.489 e. The molecule has 146 valence electrons. The molecule has 28 heavy (non-hydrogen) atoms. The molecule has 1 amide bonds. The van der Waals surface area contributed by atoms with Crippen LogP contribution in [-0.4, -0.2) is 36.2 Å². The zero-order chi connectivity index (χ0) is 20.3. The zero-order valence-corrected chi connectivity index (χ0v) is 16.0. The van der Waals surface area contributed by atoms with Crippen LogP contribution in [-0.2, 0) is 0 Å². The highest BCUT2D eigenvalue weighted by Gasteiger charge is 2.27. The Kier molecular flexibility index (Phi) is 5.94. The highest BCUT2D eigenvalue weighted by Crippen LogP contribution is 2.33. The fourth-order valence-corrected chi connectivity index (χ4v) is 2.92. The van der Waals surface area contributed by atoms with Gasteiger partial charge in [-0.25, -0.2) is 8.78 Å². The highest BCUT2D eigenvalue weighted by molar-refractivity contribution is 6.33. The molecule has 0 spiro atoms. The van der Waals surface area contributed by atoms with E-state index in [1.54, 1.807) is 26.1 Å². The lowest BCUT2D eigenvalue weighted by Gasteiger charge is -2.18. The summed E-state index contributed by atoms with van der Waals surface area (Å²) in [6.45, 7) is 1.80. The number of nitrogens with zero attached hydrogens (tertiary/aromatic N) is 2. The van der Waals surface area contributed by atoms with Gasteiger partial charge in [-0.15, -0.1) is 0 Å². The molecule has 0 aliphatic rings. The molecule has 5 nitrogen and oxygen atoms in total. The maximum Gasteiger partial charge on any atom is 0.259 e. The molecule has 0 fully saturated rings. The lowest BCUT2D eigenvalue weighted by Crippen LogP contribution is -2.31. The van der Waals surface area contributed by atoms with Gasteiger partial charge in [-0.05, 0) is 31.2 Å². The van der Waals surface area contributed by atoms with Crippen molar-refractivity contribution in [2.24, 2.45) is 0 Å². The van der Waals surface area contributed by atoms with Gasteiger partial charge in [-0.3, -0.25) is 4.79 Å². The van der Waals surface area contributed by atoms with E-state index >= 15 is 0 Å². The molecule has 0 saturated heterocycles. The van der Waals surface area contributed by atoms with Gasteiger partial charge in [0.25, 0.3) is 5.91 Å². The minimum Gasteiger partial charge on any atom is -0.489 e. The summed E-state index contributed by atoms with van der Waals surface area (Å²) in [4.78, 5) is 14.2. The van der Waals surface area contributed by atoms with Crippen molar-refractivity contribution in [2.45, 2.75) is 6.92 Å². The second-order valence-corrected chi connectivity index (χ2v) is 6.47. The van der Waals surface area contributed by atoms with Crippen LogP contribution in [0.15, 0.2) is 47.0 Å². The van der Waals surface area contributed by atoms with Gasteiger partial charge in [0, 0.05) is 7.05 Å². The first-order chi connectivity index (χ1) is 13.4. The number of halogens is 3. The second-order valence-electron chi connectivity index (χ2n) is 6.06. The van der Waals surface area contributed by atoms with E-state index < -0.39 is 17.5 Å². The minimum absolute atomic E-state index is 0.000346. The predicted molar refractivity (Wildman–Crippen MR) is 100 cm³/mol. The Bertz CT molecular complexity index is 987. The second kappa shape index (κ2) is 8.39. The number of ether oxygens (including phenoxy) is 1. The summed E-state index contributed by atoms with van der Waals surface area (Å²) in [5, 5.41) is 3.94. The smallest absolute Gasteiger partial charge is 0.259 e. The molecule has 0 unspecified atom stereocenters. The van der Waals surface area contributed by atoms with E-state index in [0.717, 1.165) is 0 Å². The monoisotopic (exact) mass is 406 g/mol. The Morgan fingerprint density at radius 3 is 2.61 bits per heavy atom. The first-order valence-electron chi connectivity index (χ1n) is 8.43. The van der Waals surface area contributed by atoms with Crippen molar-refractivity contribution in [3.63, 3.8) is 0 Å². The standard InChI is InChI=1S/C20H17ClF2N2O3/c1-12-17(19(24-28-12)18-13(21)6-5-8-15(18)23)20(26)25(2)10-11-27-16-9-4-3-7-14(16)22/h3-9H,10-11H2,1-2H3. The fourth-order valence-electron chi connectivity index (χ4n) is 2.67. The average molecular weight is 407 g/mol. The Morgan fingerprint density at radius 2 is 1.89 bits per heavy atom. The summed E-state index contributed by atoms with van der Waals surface area (Å²) in [7, 11) is 1.55. The number of para-hydroxylation sites is 1. The number of aryl methyl sites for hydroxylation is 1. The average Bonchev–Trinajstić information content (AvgIpc) is 3.03. The highest BCUT2D eigenvalue weighted by atomic mass is 35.5. The van der Waals surface area contributed by atoms with E-state index in [1.165, 1.54) is 35.2 Å². The molecule has 1 heterocycles. The minimum atomic E-state index is -0.611. The lowest BCUT2D eigenvalue weighted by molar-refractivity contribution is 0.0772. The van der Waals surface area contributed by atoms with Crippen molar-refractivity contribution in [3.8, 4) is 17.0 Å². The Labute approximate surface area is 165 Å². The van der Waals surface area contributed by atoms with Crippen molar-refractivity contribution < 1.29 is 22.8 Å². The number of hydrogen-bond donors (Lipinski definition) is 0. The molecule has 2 aromatic carbocycles. The fraction of sp³-hybridized carbons (Fsp3) is 0.200. The molecular weight excluding hydrogens is 390 g/mol. The molecule has 1 aromatic heterocycles. The Morgan fingerprint density at radius 1 is 1.18 bits per heavy atom. The lowest BCUT2D eigenvalue weighted by atomic mass is 10.0. The third-order valence-electron chi connectivity index (χ3n) is 4.14. The van der Waals surface area contributed by atoms with Gasteiger partial charge < -0.3 is 14.2 Å². The van der Waals surface area contributed by atoms with E-state index in [9.17, 15) is 13.6 Å². The topological polar surface area (TPSA) is 55.6 Å². The third kappa shape index (κ3) is 3.99. The Hall–Kier alpha value is -2.93. The van der Waals surface area contributed by atoms with Gasteiger partial charge in [-0.1, -0.05) is 35.0 Å². The molecule has 8 heteroatoms. The number of aromatic nitrogens is 1. The van der Waals surface area contributed by atoms with Crippen LogP contribution < -0.4 is 4.74 Å². The van der Waals surface area contributed by atoms with E-state index in [1.807, 2.05) is 0 Å². The van der Waals surface area contributed by atoms with Crippen LogP contribution in [0.4, 0.5) is 8.78 Å². The molecule has 0 aliphatic carbocycles. The number of carbonyl (C=O) groups excluding carboxylic acids is 1. The van der Waals surface area contributed by atoms with Gasteiger partial charge in [0.05, 0.1) is 17.1 Å². The van der Waals surface area contributed by atoms with Crippen LogP contribution >= 0.6 is 11.6 Å². The van der Waals surface area contributed by atoms with Gasteiger partial charge in [0.15, 0.2) is 11.6 Å². The predicted octanol–water partition coefficient (Wildman–Crippen LogP) is 4.73. The summed E-state index contributed by atoms with van der Waals surface area (Å²) in [6, 6.07) is 10.2. The number of likely N-dealkylation sites (N-methyl/N-ethyl adjacent to an activating group) is 1. The number of rotatable bonds is 6. The Balaban J connectivity index is 1.77. The summed E-state index contributed by atoms with van der Waals surface area (Å²) < 4.78 is 38.3. The zero-order valence-electron chi connectivity index (χ0n) is 15.2. The van der Waals surface area contributed by atoms with Crippen molar-refractivity contribution in [1.82, 2.24) is 10.1 Å². The van der Waals surface area contributed by atoms with E-state index in [2.05, 4.69) is 5.16 Å².